The summed E-state index contributed by atoms with van der Waals surface area (Å²) < 4.78 is 0. The van der Waals surface area contributed by atoms with Gasteiger partial charge in [0, 0.05) is 18.1 Å². The van der Waals surface area contributed by atoms with Gasteiger partial charge in [-0.1, -0.05) is 31.2 Å². The van der Waals surface area contributed by atoms with Gasteiger partial charge in [-0.25, -0.2) is 0 Å². The van der Waals surface area contributed by atoms with Gasteiger partial charge in [0.1, 0.15) is 0 Å². The molecule has 0 spiro atoms. The summed E-state index contributed by atoms with van der Waals surface area (Å²) in [6.07, 6.45) is 1.81. The first-order valence-electron chi connectivity index (χ1n) is 5.77. The van der Waals surface area contributed by atoms with E-state index >= 15 is 0 Å². The van der Waals surface area contributed by atoms with E-state index in [4.69, 9.17) is 5.26 Å². The Labute approximate surface area is 101 Å². The number of rotatable bonds is 4. The van der Waals surface area contributed by atoms with Crippen LogP contribution in [0.2, 0.25) is 0 Å². The van der Waals surface area contributed by atoms with Crippen LogP contribution in [-0.2, 0) is 6.54 Å². The van der Waals surface area contributed by atoms with Gasteiger partial charge in [-0.05, 0) is 18.2 Å². The highest BCUT2D eigenvalue weighted by atomic mass is 15.1. The number of benzene rings is 1. The van der Waals surface area contributed by atoms with Crippen LogP contribution in [0.25, 0.3) is 10.9 Å². The molecule has 0 saturated carbocycles. The Morgan fingerprint density at radius 2 is 2.12 bits per heavy atom. The molecule has 17 heavy (non-hydrogen) atoms. The smallest absolute Gasteiger partial charge is 0.0868 e. The molecule has 0 aliphatic carbocycles. The van der Waals surface area contributed by atoms with Crippen LogP contribution in [0, 0.1) is 11.3 Å². The second kappa shape index (κ2) is 5.42. The molecule has 3 nitrogen and oxygen atoms in total. The van der Waals surface area contributed by atoms with Gasteiger partial charge >= 0.3 is 0 Å². The maximum Gasteiger partial charge on any atom is 0.0868 e. The summed E-state index contributed by atoms with van der Waals surface area (Å²) in [4.78, 5) is 6.52. The Morgan fingerprint density at radius 1 is 1.29 bits per heavy atom. The zero-order valence-electron chi connectivity index (χ0n) is 9.93. The molecule has 1 heterocycles. The quantitative estimate of drug-likeness (QED) is 0.751. The lowest BCUT2D eigenvalue weighted by Gasteiger charge is -2.17. The standard InChI is InChI=1S/C14H15N3/c1-2-17(10-8-15)11-13-6-3-5-12-7-4-9-16-14(12)13/h3-7,9H,2,10-11H2,1H3. The first-order valence-corrected chi connectivity index (χ1v) is 5.77. The second-order valence-corrected chi connectivity index (χ2v) is 3.95. The Bertz CT molecular complexity index is 537. The van der Waals surface area contributed by atoms with Crippen molar-refractivity contribution in [1.82, 2.24) is 9.88 Å². The average Bonchev–Trinajstić information content (AvgIpc) is 2.38. The summed E-state index contributed by atoms with van der Waals surface area (Å²) in [5.41, 5.74) is 2.21. The van der Waals surface area contributed by atoms with Crippen LogP contribution in [0.3, 0.4) is 0 Å². The molecule has 1 aromatic heterocycles. The summed E-state index contributed by atoms with van der Waals surface area (Å²) in [5, 5.41) is 9.90. The van der Waals surface area contributed by atoms with Crippen LogP contribution < -0.4 is 0 Å². The second-order valence-electron chi connectivity index (χ2n) is 3.95. The normalized spacial score (nSPS) is 10.6. The molecule has 0 atom stereocenters. The molecule has 86 valence electrons. The van der Waals surface area contributed by atoms with Crippen LogP contribution in [0.4, 0.5) is 0 Å². The molecular weight excluding hydrogens is 210 g/mol. The van der Waals surface area contributed by atoms with Crippen LogP contribution in [0.1, 0.15) is 12.5 Å². The molecule has 0 N–H and O–H groups in total. The molecule has 1 aromatic carbocycles. The van der Waals surface area contributed by atoms with Crippen LogP contribution >= 0.6 is 0 Å². The van der Waals surface area contributed by atoms with Crippen LogP contribution in [0.5, 0.6) is 0 Å². The van der Waals surface area contributed by atoms with Crippen LogP contribution in [-0.4, -0.2) is 23.0 Å². The first-order chi connectivity index (χ1) is 8.35. The molecule has 3 heteroatoms. The van der Waals surface area contributed by atoms with Gasteiger partial charge < -0.3 is 0 Å². The molecule has 2 aromatic rings. The molecule has 0 fully saturated rings. The topological polar surface area (TPSA) is 39.9 Å². The predicted octanol–water partition coefficient (Wildman–Crippen LogP) is 2.58. The molecule has 0 aliphatic rings. The Morgan fingerprint density at radius 3 is 2.88 bits per heavy atom. The summed E-state index contributed by atoms with van der Waals surface area (Å²) in [6, 6.07) is 12.4. The average molecular weight is 225 g/mol. The zero-order chi connectivity index (χ0) is 12.1. The van der Waals surface area contributed by atoms with E-state index in [1.807, 2.05) is 18.3 Å². The van der Waals surface area contributed by atoms with E-state index in [0.717, 1.165) is 24.0 Å². The van der Waals surface area contributed by atoms with Crippen molar-refractivity contribution in [2.45, 2.75) is 13.5 Å². The zero-order valence-corrected chi connectivity index (χ0v) is 9.93. The maximum absolute atomic E-state index is 8.75. The third-order valence-electron chi connectivity index (χ3n) is 2.85. The number of hydrogen-bond donors (Lipinski definition) is 0. The third kappa shape index (κ3) is 2.61. The molecule has 0 unspecified atom stereocenters. The van der Waals surface area contributed by atoms with Crippen molar-refractivity contribution in [1.29, 1.82) is 5.26 Å². The fourth-order valence-electron chi connectivity index (χ4n) is 1.92. The SMILES string of the molecule is CCN(CC#N)Cc1cccc2cccnc12. The van der Waals surface area contributed by atoms with Gasteiger partial charge in [-0.3, -0.25) is 9.88 Å². The van der Waals surface area contributed by atoms with Gasteiger partial charge in [0.2, 0.25) is 0 Å². The van der Waals surface area contributed by atoms with Crippen molar-refractivity contribution < 1.29 is 0 Å². The number of pyridine rings is 1. The number of nitrogens with zero attached hydrogens (tertiary/aromatic N) is 3. The predicted molar refractivity (Wildman–Crippen MR) is 68.3 cm³/mol. The van der Waals surface area contributed by atoms with Gasteiger partial charge in [0.15, 0.2) is 0 Å². The van der Waals surface area contributed by atoms with Gasteiger partial charge in [-0.2, -0.15) is 5.26 Å². The Kier molecular flexibility index (Phi) is 3.69. The minimum absolute atomic E-state index is 0.458. The number of fused-ring (bicyclic) bond motifs is 1. The number of nitriles is 1. The van der Waals surface area contributed by atoms with Crippen molar-refractivity contribution in [3.8, 4) is 6.07 Å². The lowest BCUT2D eigenvalue weighted by Crippen LogP contribution is -2.23. The lowest BCUT2D eigenvalue weighted by molar-refractivity contribution is 0.316. The van der Waals surface area contributed by atoms with Gasteiger partial charge in [-0.15, -0.1) is 0 Å². The number of hydrogen-bond acceptors (Lipinski definition) is 3. The van der Waals surface area contributed by atoms with E-state index < -0.39 is 0 Å². The third-order valence-corrected chi connectivity index (χ3v) is 2.85. The highest BCUT2D eigenvalue weighted by molar-refractivity contribution is 5.81. The van der Waals surface area contributed by atoms with Crippen molar-refractivity contribution in [3.05, 3.63) is 42.1 Å². The van der Waals surface area contributed by atoms with E-state index in [-0.39, 0.29) is 0 Å². The number of aromatic nitrogens is 1. The van der Waals surface area contributed by atoms with E-state index in [1.54, 1.807) is 0 Å². The number of para-hydroxylation sites is 1. The van der Waals surface area contributed by atoms with E-state index in [1.165, 1.54) is 5.56 Å². The monoisotopic (exact) mass is 225 g/mol. The molecule has 2 rings (SSSR count). The first kappa shape index (κ1) is 11.6. The van der Waals surface area contributed by atoms with Crippen molar-refractivity contribution in [2.24, 2.45) is 0 Å². The molecule has 0 radical (unpaired) electrons. The summed E-state index contributed by atoms with van der Waals surface area (Å²) >= 11 is 0. The summed E-state index contributed by atoms with van der Waals surface area (Å²) in [5.74, 6) is 0. The summed E-state index contributed by atoms with van der Waals surface area (Å²) in [6.45, 7) is 4.17. The lowest BCUT2D eigenvalue weighted by atomic mass is 10.1. The molecule has 0 bridgehead atoms. The van der Waals surface area contributed by atoms with Crippen molar-refractivity contribution in [2.75, 3.05) is 13.1 Å². The fraction of sp³-hybridized carbons (Fsp3) is 0.286. The Hall–Kier alpha value is -1.92. The Balaban J connectivity index is 2.32. The molecule has 0 saturated heterocycles. The maximum atomic E-state index is 8.75. The molecular formula is C14H15N3. The minimum atomic E-state index is 0.458. The van der Waals surface area contributed by atoms with Crippen molar-refractivity contribution in [3.63, 3.8) is 0 Å². The largest absolute Gasteiger partial charge is 0.286 e. The highest BCUT2D eigenvalue weighted by Crippen LogP contribution is 2.17. The van der Waals surface area contributed by atoms with E-state index in [2.05, 4.69) is 41.1 Å². The fourth-order valence-corrected chi connectivity index (χ4v) is 1.92. The van der Waals surface area contributed by atoms with E-state index in [0.29, 0.717) is 6.54 Å². The highest BCUT2D eigenvalue weighted by Gasteiger charge is 2.06. The molecule has 0 aliphatic heterocycles. The van der Waals surface area contributed by atoms with Crippen LogP contribution in [0.15, 0.2) is 36.5 Å². The minimum Gasteiger partial charge on any atom is -0.286 e. The molecule has 0 amide bonds. The van der Waals surface area contributed by atoms with Gasteiger partial charge in [0.25, 0.3) is 0 Å². The van der Waals surface area contributed by atoms with Gasteiger partial charge in [0.05, 0.1) is 18.1 Å². The van der Waals surface area contributed by atoms with Crippen molar-refractivity contribution >= 4 is 10.9 Å². The summed E-state index contributed by atoms with van der Waals surface area (Å²) in [7, 11) is 0. The van der Waals surface area contributed by atoms with E-state index in [9.17, 15) is 0 Å².